The van der Waals surface area contributed by atoms with E-state index in [0.717, 1.165) is 50.0 Å². The smallest absolute Gasteiger partial charge is 0.245 e. The highest BCUT2D eigenvalue weighted by molar-refractivity contribution is 7.99. The van der Waals surface area contributed by atoms with Crippen molar-refractivity contribution in [2.45, 2.75) is 76.5 Å². The largest absolute Gasteiger partial charge is 0.343 e. The van der Waals surface area contributed by atoms with Gasteiger partial charge in [0.05, 0.1) is 6.04 Å². The maximum Gasteiger partial charge on any atom is 0.245 e. The molecule has 2 fully saturated rings. The third-order valence-corrected chi connectivity index (χ3v) is 6.14. The molecule has 0 saturated carbocycles. The van der Waals surface area contributed by atoms with Crippen LogP contribution in [0.1, 0.15) is 52.4 Å². The molecule has 6 heteroatoms. The number of likely N-dealkylation sites (N-methyl/N-ethyl adjacent to an activating group) is 1. The van der Waals surface area contributed by atoms with Crippen LogP contribution in [0.2, 0.25) is 0 Å². The van der Waals surface area contributed by atoms with E-state index in [1.165, 1.54) is 0 Å². The summed E-state index contributed by atoms with van der Waals surface area (Å²) in [5.74, 6) is 2.20. The molecule has 0 bridgehead atoms. The van der Waals surface area contributed by atoms with Gasteiger partial charge in [-0.25, -0.2) is 0 Å². The maximum absolute atomic E-state index is 13.0. The van der Waals surface area contributed by atoms with Crippen molar-refractivity contribution in [2.75, 3.05) is 18.6 Å². The van der Waals surface area contributed by atoms with Gasteiger partial charge in [0.15, 0.2) is 0 Å². The molecule has 0 aliphatic carbocycles. The lowest BCUT2D eigenvalue weighted by atomic mass is 10.1. The number of amides is 2. The Hall–Kier alpha value is -0.750. The first-order valence-electron chi connectivity index (χ1n) is 8.99. The molecule has 2 saturated heterocycles. The predicted octanol–water partition coefficient (Wildman–Crippen LogP) is 1.77. The van der Waals surface area contributed by atoms with Crippen molar-refractivity contribution in [1.82, 2.24) is 15.5 Å². The minimum atomic E-state index is -0.345. The highest BCUT2D eigenvalue weighted by atomic mass is 32.2. The number of rotatable bonds is 7. The number of thioether (sulfide) groups is 1. The van der Waals surface area contributed by atoms with Crippen LogP contribution in [-0.4, -0.2) is 59.4 Å². The van der Waals surface area contributed by atoms with Crippen LogP contribution in [0, 0.1) is 0 Å². The molecule has 2 rings (SSSR count). The van der Waals surface area contributed by atoms with Gasteiger partial charge in [-0.1, -0.05) is 13.8 Å². The fraction of sp³-hybridized carbons (Fsp3) is 0.882. The third-order valence-electron chi connectivity index (χ3n) is 5.11. The minimum absolute atomic E-state index is 0.0505. The lowest BCUT2D eigenvalue weighted by molar-refractivity contribution is -0.138. The van der Waals surface area contributed by atoms with Crippen molar-refractivity contribution in [3.63, 3.8) is 0 Å². The molecular formula is C17H31N3O2S. The second-order valence-corrected chi connectivity index (χ2v) is 7.85. The van der Waals surface area contributed by atoms with Crippen LogP contribution in [0.3, 0.4) is 0 Å². The average molecular weight is 342 g/mol. The average Bonchev–Trinajstić information content (AvgIpc) is 2.88. The summed E-state index contributed by atoms with van der Waals surface area (Å²) in [5.41, 5.74) is 0. The van der Waals surface area contributed by atoms with Crippen molar-refractivity contribution in [2.24, 2.45) is 0 Å². The van der Waals surface area contributed by atoms with Crippen molar-refractivity contribution in [3.05, 3.63) is 0 Å². The first-order chi connectivity index (χ1) is 11.1. The number of fused-ring (bicyclic) bond motifs is 1. The fourth-order valence-corrected chi connectivity index (χ4v) is 4.64. The fourth-order valence-electron chi connectivity index (χ4n) is 3.81. The van der Waals surface area contributed by atoms with E-state index in [0.29, 0.717) is 12.1 Å². The summed E-state index contributed by atoms with van der Waals surface area (Å²) >= 11 is 1.91. The van der Waals surface area contributed by atoms with E-state index in [1.54, 1.807) is 7.05 Å². The molecule has 1 unspecified atom stereocenters. The maximum atomic E-state index is 13.0. The van der Waals surface area contributed by atoms with Gasteiger partial charge in [0.25, 0.3) is 0 Å². The summed E-state index contributed by atoms with van der Waals surface area (Å²) in [5, 5.41) is 6.01. The number of hydrogen-bond donors (Lipinski definition) is 2. The first-order valence-corrected chi connectivity index (χ1v) is 10.1. The molecule has 2 aliphatic rings. The second-order valence-electron chi connectivity index (χ2n) is 6.53. The van der Waals surface area contributed by atoms with Crippen LogP contribution in [0.5, 0.6) is 0 Å². The zero-order valence-corrected chi connectivity index (χ0v) is 15.5. The molecule has 4 atom stereocenters. The molecule has 2 aliphatic heterocycles. The van der Waals surface area contributed by atoms with E-state index in [-0.39, 0.29) is 23.9 Å². The summed E-state index contributed by atoms with van der Waals surface area (Å²) < 4.78 is 0. The van der Waals surface area contributed by atoms with Gasteiger partial charge in [0.2, 0.25) is 11.8 Å². The highest BCUT2D eigenvalue weighted by Crippen LogP contribution is 2.33. The monoisotopic (exact) mass is 341 g/mol. The zero-order chi connectivity index (χ0) is 16.8. The Morgan fingerprint density at radius 3 is 2.74 bits per heavy atom. The normalized spacial score (nSPS) is 29.1. The van der Waals surface area contributed by atoms with Gasteiger partial charge in [-0.05, 0) is 51.3 Å². The van der Waals surface area contributed by atoms with Crippen molar-refractivity contribution >= 4 is 23.6 Å². The number of carbonyl (C=O) groups excluding carboxylic acids is 2. The van der Waals surface area contributed by atoms with E-state index < -0.39 is 0 Å². The second kappa shape index (κ2) is 8.92. The molecule has 2 N–H and O–H groups in total. The molecule has 0 aromatic heterocycles. The molecule has 0 spiro atoms. The molecule has 0 aromatic rings. The van der Waals surface area contributed by atoms with E-state index in [4.69, 9.17) is 0 Å². The van der Waals surface area contributed by atoms with E-state index in [9.17, 15) is 9.59 Å². The van der Waals surface area contributed by atoms with Crippen LogP contribution in [0.15, 0.2) is 0 Å². The predicted molar refractivity (Wildman–Crippen MR) is 95.6 cm³/mol. The molecular weight excluding hydrogens is 310 g/mol. The lowest BCUT2D eigenvalue weighted by Gasteiger charge is -2.31. The summed E-state index contributed by atoms with van der Waals surface area (Å²) in [6.45, 7) is 4.14. The molecule has 2 heterocycles. The van der Waals surface area contributed by atoms with Crippen molar-refractivity contribution < 1.29 is 9.59 Å². The van der Waals surface area contributed by atoms with Gasteiger partial charge in [0.1, 0.15) is 6.04 Å². The Balaban J connectivity index is 2.04. The van der Waals surface area contributed by atoms with Crippen molar-refractivity contribution in [1.29, 1.82) is 0 Å². The zero-order valence-electron chi connectivity index (χ0n) is 14.6. The van der Waals surface area contributed by atoms with Crippen LogP contribution in [0.4, 0.5) is 0 Å². The van der Waals surface area contributed by atoms with Gasteiger partial charge in [0, 0.05) is 17.8 Å². The van der Waals surface area contributed by atoms with Gasteiger partial charge in [-0.3, -0.25) is 9.59 Å². The number of nitrogens with one attached hydrogen (secondary N) is 2. The molecule has 23 heavy (non-hydrogen) atoms. The molecule has 5 nitrogen and oxygen atoms in total. The highest BCUT2D eigenvalue weighted by Gasteiger charge is 2.41. The number of nitrogens with zero attached hydrogens (tertiary/aromatic N) is 1. The van der Waals surface area contributed by atoms with Gasteiger partial charge >= 0.3 is 0 Å². The quantitative estimate of drug-likeness (QED) is 0.741. The summed E-state index contributed by atoms with van der Waals surface area (Å²) in [6, 6.07) is 0.174. The van der Waals surface area contributed by atoms with Crippen LogP contribution in [0.25, 0.3) is 0 Å². The van der Waals surface area contributed by atoms with Gasteiger partial charge in [-0.15, -0.1) is 0 Å². The summed E-state index contributed by atoms with van der Waals surface area (Å²) in [6.07, 6.45) is 5.82. The van der Waals surface area contributed by atoms with Crippen LogP contribution in [-0.2, 0) is 9.59 Å². The third kappa shape index (κ3) is 4.41. The van der Waals surface area contributed by atoms with E-state index in [2.05, 4.69) is 22.5 Å². The number of carbonyl (C=O) groups is 2. The molecule has 132 valence electrons. The number of hydrogen-bond acceptors (Lipinski definition) is 4. The van der Waals surface area contributed by atoms with Crippen molar-refractivity contribution in [3.8, 4) is 0 Å². The Morgan fingerprint density at radius 1 is 1.30 bits per heavy atom. The Labute approximate surface area is 144 Å². The Bertz CT molecular complexity index is 415. The SMILES string of the molecule is CCSC[C@@H]1CC[C@@H]2CCC[C@H](NC(=O)C(CC)NC)C(=O)N21. The summed E-state index contributed by atoms with van der Waals surface area (Å²) in [4.78, 5) is 27.5. The van der Waals surface area contributed by atoms with Gasteiger partial charge in [-0.2, -0.15) is 11.8 Å². The summed E-state index contributed by atoms with van der Waals surface area (Å²) in [7, 11) is 1.79. The Morgan fingerprint density at radius 2 is 2.09 bits per heavy atom. The van der Waals surface area contributed by atoms with E-state index >= 15 is 0 Å². The van der Waals surface area contributed by atoms with Crippen LogP contribution < -0.4 is 10.6 Å². The van der Waals surface area contributed by atoms with E-state index in [1.807, 2.05) is 18.7 Å². The molecule has 0 aromatic carbocycles. The van der Waals surface area contributed by atoms with Gasteiger partial charge < -0.3 is 15.5 Å². The standard InChI is InChI=1S/C17H31N3O2S/c1-4-14(18-3)16(21)19-15-8-6-7-12-9-10-13(11-23-5-2)20(12)17(15)22/h12-15,18H,4-11H2,1-3H3,(H,19,21)/t12-,13-,14?,15-/m0/s1. The Kier molecular flexibility index (Phi) is 7.21. The first kappa shape index (κ1) is 18.6. The topological polar surface area (TPSA) is 61.4 Å². The lowest BCUT2D eigenvalue weighted by Crippen LogP contribution is -2.54. The van der Waals surface area contributed by atoms with Crippen LogP contribution >= 0.6 is 11.8 Å². The minimum Gasteiger partial charge on any atom is -0.343 e. The molecule has 2 amide bonds. The molecule has 0 radical (unpaired) electrons.